The molecule has 2 aromatic heterocycles. The van der Waals surface area contributed by atoms with Gasteiger partial charge in [0.15, 0.2) is 12.3 Å². The molecule has 4 aromatic rings. The highest BCUT2D eigenvalue weighted by molar-refractivity contribution is 5.95. The first-order valence-electron chi connectivity index (χ1n) is 10.5. The van der Waals surface area contributed by atoms with Crippen molar-refractivity contribution in [3.8, 4) is 22.8 Å². The van der Waals surface area contributed by atoms with Crippen LogP contribution < -0.4 is 10.1 Å². The highest BCUT2D eigenvalue weighted by Crippen LogP contribution is 2.33. The summed E-state index contributed by atoms with van der Waals surface area (Å²) in [5.41, 5.74) is 4.48. The molecule has 1 amide bonds. The maximum Gasteiger partial charge on any atom is 0.258 e. The minimum absolute atomic E-state index is 0.0761. The van der Waals surface area contributed by atoms with Gasteiger partial charge < -0.3 is 10.1 Å². The van der Waals surface area contributed by atoms with Crippen LogP contribution in [0.1, 0.15) is 25.8 Å². The van der Waals surface area contributed by atoms with Gasteiger partial charge in [-0.2, -0.15) is 10.1 Å². The van der Waals surface area contributed by atoms with Gasteiger partial charge in [0.1, 0.15) is 5.69 Å². The summed E-state index contributed by atoms with van der Waals surface area (Å²) >= 11 is 0. The molecule has 0 saturated heterocycles. The predicted molar refractivity (Wildman–Crippen MR) is 122 cm³/mol. The molecule has 2 heterocycles. The average molecular weight is 415 g/mol. The summed E-state index contributed by atoms with van der Waals surface area (Å²) in [5.74, 6) is 0.247. The Kier molecular flexibility index (Phi) is 5.98. The number of hydrogen-bond donors (Lipinski definition) is 1. The van der Waals surface area contributed by atoms with Crippen LogP contribution in [0, 0.1) is 6.92 Å². The summed E-state index contributed by atoms with van der Waals surface area (Å²) in [7, 11) is 0. The molecule has 0 radical (unpaired) electrons. The molecule has 1 N–H and O–H groups in total. The summed E-state index contributed by atoms with van der Waals surface area (Å²) in [6, 6.07) is 21.9. The Labute approximate surface area is 181 Å². The lowest BCUT2D eigenvalue weighted by Crippen LogP contribution is -2.35. The molecule has 6 nitrogen and oxygen atoms in total. The molecule has 0 unspecified atom stereocenters. The van der Waals surface area contributed by atoms with Gasteiger partial charge in [0.25, 0.3) is 5.91 Å². The van der Waals surface area contributed by atoms with E-state index in [1.54, 1.807) is 0 Å². The molecule has 0 fully saturated rings. The molecular formula is C25H26N4O2. The van der Waals surface area contributed by atoms with Gasteiger partial charge in [0.05, 0.1) is 11.1 Å². The maximum atomic E-state index is 12.1. The average Bonchev–Trinajstić information content (AvgIpc) is 3.19. The van der Waals surface area contributed by atoms with Crippen molar-refractivity contribution in [1.82, 2.24) is 20.1 Å². The van der Waals surface area contributed by atoms with Gasteiger partial charge in [-0.25, -0.2) is 4.68 Å². The van der Waals surface area contributed by atoms with Crippen molar-refractivity contribution in [3.05, 3.63) is 72.3 Å². The molecule has 2 aromatic carbocycles. The van der Waals surface area contributed by atoms with Crippen LogP contribution in [-0.2, 0) is 4.79 Å². The standard InChI is InChI=1S/C25H26N4O2/c1-4-18(3)26-21(30)16-31-22-15-17(2)23-24(19-11-7-5-8-12-19)28-29(25(23)27-22)20-13-9-6-10-14-20/h5-15,18H,4,16H2,1-3H3,(H,26,30)/t18-/m1/s1. The number of ether oxygens (including phenoxy) is 1. The number of carbonyl (C=O) groups is 1. The van der Waals surface area contributed by atoms with Crippen LogP contribution in [0.3, 0.4) is 0 Å². The number of hydrogen-bond acceptors (Lipinski definition) is 4. The Morgan fingerprint density at radius 1 is 1.10 bits per heavy atom. The van der Waals surface area contributed by atoms with E-state index < -0.39 is 0 Å². The van der Waals surface area contributed by atoms with Crippen molar-refractivity contribution in [3.63, 3.8) is 0 Å². The van der Waals surface area contributed by atoms with E-state index >= 15 is 0 Å². The fourth-order valence-corrected chi connectivity index (χ4v) is 3.45. The van der Waals surface area contributed by atoms with Crippen LogP contribution in [0.15, 0.2) is 66.7 Å². The number of aromatic nitrogens is 3. The first-order chi connectivity index (χ1) is 15.1. The first-order valence-corrected chi connectivity index (χ1v) is 10.5. The fraction of sp³-hybridized carbons (Fsp3) is 0.240. The van der Waals surface area contributed by atoms with Crippen molar-refractivity contribution in [2.45, 2.75) is 33.2 Å². The normalized spacial score (nSPS) is 12.0. The molecule has 6 heteroatoms. The Balaban J connectivity index is 1.76. The van der Waals surface area contributed by atoms with E-state index in [4.69, 9.17) is 14.8 Å². The number of pyridine rings is 1. The largest absolute Gasteiger partial charge is 0.468 e. The third-order valence-corrected chi connectivity index (χ3v) is 5.23. The van der Waals surface area contributed by atoms with Crippen LogP contribution >= 0.6 is 0 Å². The smallest absolute Gasteiger partial charge is 0.258 e. The van der Waals surface area contributed by atoms with Crippen LogP contribution in [0.2, 0.25) is 0 Å². The lowest BCUT2D eigenvalue weighted by molar-refractivity contribution is -0.123. The van der Waals surface area contributed by atoms with Crippen molar-refractivity contribution >= 4 is 16.9 Å². The molecule has 0 aliphatic rings. The van der Waals surface area contributed by atoms with E-state index in [-0.39, 0.29) is 18.6 Å². The Hall–Kier alpha value is -3.67. The molecule has 0 saturated carbocycles. The van der Waals surface area contributed by atoms with Crippen LogP contribution in [0.5, 0.6) is 5.88 Å². The molecule has 158 valence electrons. The van der Waals surface area contributed by atoms with E-state index in [1.165, 1.54) is 0 Å². The van der Waals surface area contributed by atoms with Crippen LogP contribution in [0.25, 0.3) is 28.0 Å². The molecule has 0 spiro atoms. The minimum Gasteiger partial charge on any atom is -0.468 e. The third kappa shape index (κ3) is 4.43. The molecular weight excluding hydrogens is 388 g/mol. The zero-order valence-electron chi connectivity index (χ0n) is 18.0. The molecule has 0 aliphatic heterocycles. The zero-order valence-corrected chi connectivity index (χ0v) is 18.0. The summed E-state index contributed by atoms with van der Waals surface area (Å²) in [6.07, 6.45) is 0.869. The van der Waals surface area contributed by atoms with Gasteiger partial charge in [-0.05, 0) is 38.0 Å². The number of aryl methyl sites for hydroxylation is 1. The van der Waals surface area contributed by atoms with Gasteiger partial charge in [-0.15, -0.1) is 0 Å². The third-order valence-electron chi connectivity index (χ3n) is 5.23. The summed E-state index contributed by atoms with van der Waals surface area (Å²) in [5, 5.41) is 8.77. The van der Waals surface area contributed by atoms with Gasteiger partial charge in [0.2, 0.25) is 5.88 Å². The van der Waals surface area contributed by atoms with E-state index in [0.717, 1.165) is 34.3 Å². The summed E-state index contributed by atoms with van der Waals surface area (Å²) in [4.78, 5) is 16.9. The van der Waals surface area contributed by atoms with E-state index in [2.05, 4.69) is 5.32 Å². The highest BCUT2D eigenvalue weighted by Gasteiger charge is 2.19. The van der Waals surface area contributed by atoms with E-state index in [9.17, 15) is 4.79 Å². The summed E-state index contributed by atoms with van der Waals surface area (Å²) in [6.45, 7) is 5.93. The monoisotopic (exact) mass is 414 g/mol. The maximum absolute atomic E-state index is 12.1. The van der Waals surface area contributed by atoms with E-state index in [0.29, 0.717) is 11.5 Å². The number of amides is 1. The van der Waals surface area contributed by atoms with Crippen molar-refractivity contribution in [2.75, 3.05) is 6.61 Å². The fourth-order valence-electron chi connectivity index (χ4n) is 3.45. The zero-order chi connectivity index (χ0) is 21.8. The van der Waals surface area contributed by atoms with Gasteiger partial charge >= 0.3 is 0 Å². The van der Waals surface area contributed by atoms with Crippen molar-refractivity contribution < 1.29 is 9.53 Å². The Morgan fingerprint density at radius 2 is 1.77 bits per heavy atom. The van der Waals surface area contributed by atoms with Gasteiger partial charge in [-0.1, -0.05) is 55.5 Å². The summed E-state index contributed by atoms with van der Waals surface area (Å²) < 4.78 is 7.57. The van der Waals surface area contributed by atoms with E-state index in [1.807, 2.05) is 92.2 Å². The number of nitrogens with zero attached hydrogens (tertiary/aromatic N) is 3. The lowest BCUT2D eigenvalue weighted by Gasteiger charge is -2.12. The SMILES string of the molecule is CC[C@@H](C)NC(=O)COc1cc(C)c2c(-c3ccccc3)nn(-c3ccccc3)c2n1. The number of fused-ring (bicyclic) bond motifs is 1. The predicted octanol–water partition coefficient (Wildman–Crippen LogP) is 4.69. The number of para-hydroxylation sites is 1. The highest BCUT2D eigenvalue weighted by atomic mass is 16.5. The molecule has 31 heavy (non-hydrogen) atoms. The minimum atomic E-state index is -0.157. The van der Waals surface area contributed by atoms with Gasteiger partial charge in [0, 0.05) is 17.7 Å². The topological polar surface area (TPSA) is 69.0 Å². The molecule has 4 rings (SSSR count). The number of rotatable bonds is 7. The number of benzene rings is 2. The first kappa shape index (κ1) is 20.6. The second kappa shape index (κ2) is 9.00. The van der Waals surface area contributed by atoms with Crippen molar-refractivity contribution in [2.24, 2.45) is 0 Å². The molecule has 0 aliphatic carbocycles. The Morgan fingerprint density at radius 3 is 2.45 bits per heavy atom. The van der Waals surface area contributed by atoms with Crippen LogP contribution in [0.4, 0.5) is 0 Å². The second-order valence-corrected chi connectivity index (χ2v) is 7.60. The van der Waals surface area contributed by atoms with Crippen LogP contribution in [-0.4, -0.2) is 33.3 Å². The Bertz CT molecular complexity index is 1190. The second-order valence-electron chi connectivity index (χ2n) is 7.60. The number of nitrogens with one attached hydrogen (secondary N) is 1. The quantitative estimate of drug-likeness (QED) is 0.476. The lowest BCUT2D eigenvalue weighted by atomic mass is 10.1. The number of carbonyl (C=O) groups excluding carboxylic acids is 1. The van der Waals surface area contributed by atoms with Crippen molar-refractivity contribution in [1.29, 1.82) is 0 Å². The molecule has 1 atom stereocenters. The molecule has 0 bridgehead atoms. The van der Waals surface area contributed by atoms with Gasteiger partial charge in [-0.3, -0.25) is 4.79 Å².